The molecule has 0 radical (unpaired) electrons. The molecule has 1 aromatic rings. The van der Waals surface area contributed by atoms with Gasteiger partial charge in [0.15, 0.2) is 0 Å². The van der Waals surface area contributed by atoms with E-state index in [0.29, 0.717) is 12.1 Å². The number of nitriles is 1. The Morgan fingerprint density at radius 3 is 2.89 bits per heavy atom. The van der Waals surface area contributed by atoms with Crippen LogP contribution in [-0.2, 0) is 4.79 Å². The quantitative estimate of drug-likeness (QED) is 0.837. The van der Waals surface area contributed by atoms with Crippen LogP contribution in [0.5, 0.6) is 0 Å². The second-order valence-electron chi connectivity index (χ2n) is 4.21. The van der Waals surface area contributed by atoms with E-state index in [1.807, 2.05) is 6.92 Å². The molecule has 1 aromatic carbocycles. The first-order chi connectivity index (χ1) is 8.65. The molecule has 3 nitrogen and oxygen atoms in total. The van der Waals surface area contributed by atoms with Crippen LogP contribution in [0.1, 0.15) is 32.6 Å². The van der Waals surface area contributed by atoms with Gasteiger partial charge in [0.05, 0.1) is 6.07 Å². The summed E-state index contributed by atoms with van der Waals surface area (Å²) in [6.45, 7) is 2.01. The van der Waals surface area contributed by atoms with Crippen LogP contribution in [0.4, 0.5) is 10.1 Å². The van der Waals surface area contributed by atoms with Crippen molar-refractivity contribution in [3.63, 3.8) is 0 Å². The minimum Gasteiger partial charge on any atom is -0.326 e. The largest absolute Gasteiger partial charge is 0.326 e. The van der Waals surface area contributed by atoms with E-state index >= 15 is 0 Å². The van der Waals surface area contributed by atoms with E-state index in [-0.39, 0.29) is 24.1 Å². The van der Waals surface area contributed by atoms with Gasteiger partial charge < -0.3 is 5.32 Å². The van der Waals surface area contributed by atoms with Crippen LogP contribution in [0.15, 0.2) is 24.3 Å². The predicted octanol–water partition coefficient (Wildman–Crippen LogP) is 3.48. The zero-order valence-corrected chi connectivity index (χ0v) is 10.4. The predicted molar refractivity (Wildman–Crippen MR) is 68.3 cm³/mol. The van der Waals surface area contributed by atoms with Crippen molar-refractivity contribution in [2.75, 3.05) is 5.32 Å². The number of rotatable bonds is 6. The van der Waals surface area contributed by atoms with E-state index in [1.165, 1.54) is 12.1 Å². The first-order valence-electron chi connectivity index (χ1n) is 6.10. The molecule has 0 bridgehead atoms. The molecule has 1 rings (SSSR count). The molecule has 4 heteroatoms. The van der Waals surface area contributed by atoms with Crippen LogP contribution in [0.25, 0.3) is 0 Å². The van der Waals surface area contributed by atoms with Crippen LogP contribution in [0.3, 0.4) is 0 Å². The number of anilines is 1. The molecule has 0 saturated heterocycles. The summed E-state index contributed by atoms with van der Waals surface area (Å²) < 4.78 is 12.9. The SMILES string of the molecule is CCCC(C#N)CCC(=O)Nc1cccc(F)c1. The van der Waals surface area contributed by atoms with E-state index in [9.17, 15) is 9.18 Å². The Kier molecular flexibility index (Phi) is 5.86. The van der Waals surface area contributed by atoms with Gasteiger partial charge in [0.25, 0.3) is 0 Å². The van der Waals surface area contributed by atoms with Crippen LogP contribution in [0, 0.1) is 23.1 Å². The molecule has 0 aromatic heterocycles. The van der Waals surface area contributed by atoms with Gasteiger partial charge in [0, 0.05) is 18.0 Å². The molecule has 0 fully saturated rings. The molecular formula is C14H17FN2O. The highest BCUT2D eigenvalue weighted by molar-refractivity contribution is 5.90. The van der Waals surface area contributed by atoms with Gasteiger partial charge in [0.1, 0.15) is 5.82 Å². The molecule has 0 aliphatic carbocycles. The number of carbonyl (C=O) groups excluding carboxylic acids is 1. The zero-order valence-electron chi connectivity index (χ0n) is 10.4. The number of carbonyl (C=O) groups is 1. The number of hydrogen-bond donors (Lipinski definition) is 1. The summed E-state index contributed by atoms with van der Waals surface area (Å²) in [5, 5.41) is 11.5. The maximum absolute atomic E-state index is 12.9. The van der Waals surface area contributed by atoms with Crippen molar-refractivity contribution in [3.8, 4) is 6.07 Å². The first-order valence-corrected chi connectivity index (χ1v) is 6.10. The second-order valence-corrected chi connectivity index (χ2v) is 4.21. The molecule has 1 amide bonds. The van der Waals surface area contributed by atoms with Crippen molar-refractivity contribution in [2.45, 2.75) is 32.6 Å². The zero-order chi connectivity index (χ0) is 13.4. The number of hydrogen-bond acceptors (Lipinski definition) is 2. The minimum absolute atomic E-state index is 0.0757. The lowest BCUT2D eigenvalue weighted by Gasteiger charge is -2.08. The molecule has 18 heavy (non-hydrogen) atoms. The number of benzene rings is 1. The number of nitrogens with one attached hydrogen (secondary N) is 1. The summed E-state index contributed by atoms with van der Waals surface area (Å²) in [6, 6.07) is 7.96. The Morgan fingerprint density at radius 2 is 2.28 bits per heavy atom. The third-order valence-electron chi connectivity index (χ3n) is 2.65. The standard InChI is InChI=1S/C14H17FN2O/c1-2-4-11(10-16)7-8-14(18)17-13-6-3-5-12(15)9-13/h3,5-6,9,11H,2,4,7-8H2,1H3,(H,17,18). The Hall–Kier alpha value is -1.89. The maximum Gasteiger partial charge on any atom is 0.224 e. The van der Waals surface area contributed by atoms with Crippen molar-refractivity contribution in [2.24, 2.45) is 5.92 Å². The summed E-state index contributed by atoms with van der Waals surface area (Å²) in [4.78, 5) is 11.6. The van der Waals surface area contributed by atoms with Gasteiger partial charge in [-0.3, -0.25) is 4.79 Å². The molecular weight excluding hydrogens is 231 g/mol. The lowest BCUT2D eigenvalue weighted by atomic mass is 9.99. The molecule has 0 spiro atoms. The fourth-order valence-electron chi connectivity index (χ4n) is 1.72. The average molecular weight is 248 g/mol. The fraction of sp³-hybridized carbons (Fsp3) is 0.429. The monoisotopic (exact) mass is 248 g/mol. The van der Waals surface area contributed by atoms with Crippen LogP contribution >= 0.6 is 0 Å². The third-order valence-corrected chi connectivity index (χ3v) is 2.65. The van der Waals surface area contributed by atoms with E-state index in [0.717, 1.165) is 12.8 Å². The Labute approximate surface area is 107 Å². The van der Waals surface area contributed by atoms with Crippen LogP contribution in [0.2, 0.25) is 0 Å². The Bertz CT molecular complexity index is 440. The Morgan fingerprint density at radius 1 is 1.50 bits per heavy atom. The van der Waals surface area contributed by atoms with E-state index in [1.54, 1.807) is 12.1 Å². The lowest BCUT2D eigenvalue weighted by Crippen LogP contribution is -2.13. The highest BCUT2D eigenvalue weighted by Gasteiger charge is 2.10. The number of nitrogens with zero attached hydrogens (tertiary/aromatic N) is 1. The molecule has 1 atom stereocenters. The average Bonchev–Trinajstić information content (AvgIpc) is 2.34. The van der Waals surface area contributed by atoms with Gasteiger partial charge in [-0.25, -0.2) is 4.39 Å². The van der Waals surface area contributed by atoms with Gasteiger partial charge in [-0.15, -0.1) is 0 Å². The maximum atomic E-state index is 12.9. The molecule has 0 heterocycles. The lowest BCUT2D eigenvalue weighted by molar-refractivity contribution is -0.116. The van der Waals surface area contributed by atoms with E-state index < -0.39 is 0 Å². The van der Waals surface area contributed by atoms with Crippen molar-refractivity contribution >= 4 is 11.6 Å². The van der Waals surface area contributed by atoms with Gasteiger partial charge >= 0.3 is 0 Å². The summed E-state index contributed by atoms with van der Waals surface area (Å²) in [5.41, 5.74) is 0.448. The molecule has 0 aliphatic heterocycles. The summed E-state index contributed by atoms with van der Waals surface area (Å²) in [5.74, 6) is -0.640. The topological polar surface area (TPSA) is 52.9 Å². The van der Waals surface area contributed by atoms with Gasteiger partial charge in [-0.1, -0.05) is 19.4 Å². The number of amides is 1. The Balaban J connectivity index is 2.40. The molecule has 96 valence electrons. The normalized spacial score (nSPS) is 11.6. The first kappa shape index (κ1) is 14.2. The van der Waals surface area contributed by atoms with Crippen molar-refractivity contribution < 1.29 is 9.18 Å². The van der Waals surface area contributed by atoms with Crippen molar-refractivity contribution in [3.05, 3.63) is 30.1 Å². The van der Waals surface area contributed by atoms with Crippen LogP contribution < -0.4 is 5.32 Å². The van der Waals surface area contributed by atoms with Gasteiger partial charge in [-0.05, 0) is 31.0 Å². The summed E-state index contributed by atoms with van der Waals surface area (Å²) in [6.07, 6.45) is 2.58. The highest BCUT2D eigenvalue weighted by atomic mass is 19.1. The number of halogens is 1. The van der Waals surface area contributed by atoms with E-state index in [4.69, 9.17) is 5.26 Å². The van der Waals surface area contributed by atoms with E-state index in [2.05, 4.69) is 11.4 Å². The van der Waals surface area contributed by atoms with Crippen molar-refractivity contribution in [1.29, 1.82) is 5.26 Å². The van der Waals surface area contributed by atoms with Gasteiger partial charge in [0.2, 0.25) is 5.91 Å². The second kappa shape index (κ2) is 7.44. The molecule has 1 N–H and O–H groups in total. The fourth-order valence-corrected chi connectivity index (χ4v) is 1.72. The molecule has 0 aliphatic rings. The highest BCUT2D eigenvalue weighted by Crippen LogP contribution is 2.14. The van der Waals surface area contributed by atoms with Crippen LogP contribution in [-0.4, -0.2) is 5.91 Å². The molecule has 1 unspecified atom stereocenters. The minimum atomic E-state index is -0.381. The summed E-state index contributed by atoms with van der Waals surface area (Å²) in [7, 11) is 0. The third kappa shape index (κ3) is 4.96. The summed E-state index contributed by atoms with van der Waals surface area (Å²) >= 11 is 0. The van der Waals surface area contributed by atoms with Gasteiger partial charge in [-0.2, -0.15) is 5.26 Å². The van der Waals surface area contributed by atoms with Crippen molar-refractivity contribution in [1.82, 2.24) is 0 Å². The smallest absolute Gasteiger partial charge is 0.224 e. The molecule has 0 saturated carbocycles.